The molecule has 0 aromatic heterocycles. The number of ether oxygens (including phenoxy) is 2. The van der Waals surface area contributed by atoms with E-state index in [1.165, 1.54) is 0 Å². The number of aliphatic hydroxyl groups is 1. The molecule has 0 aliphatic rings. The topological polar surface area (TPSA) is 86.3 Å². The van der Waals surface area contributed by atoms with Crippen LogP contribution >= 0.6 is 0 Å². The first-order valence-electron chi connectivity index (χ1n) is 8.68. The average Bonchev–Trinajstić information content (AvgIpc) is 2.76. The Kier molecular flexibility index (Phi) is 6.25. The summed E-state index contributed by atoms with van der Waals surface area (Å²) in [5.41, 5.74) is 3.77. The van der Waals surface area contributed by atoms with Gasteiger partial charge in [-0.3, -0.25) is 0 Å². The fraction of sp³-hybridized carbons (Fsp3) is 0.130. The van der Waals surface area contributed by atoms with Gasteiger partial charge in [-0.1, -0.05) is 24.3 Å². The summed E-state index contributed by atoms with van der Waals surface area (Å²) in [5.74, 6) is 1.18. The van der Waals surface area contributed by atoms with Crippen LogP contribution in [0.3, 0.4) is 0 Å². The zero-order chi connectivity index (χ0) is 19.8. The summed E-state index contributed by atoms with van der Waals surface area (Å²) in [6.07, 6.45) is 0. The molecule has 3 aromatic carbocycles. The lowest BCUT2D eigenvalue weighted by atomic mass is 10.1. The van der Waals surface area contributed by atoms with Gasteiger partial charge in [0, 0.05) is 6.07 Å². The first kappa shape index (κ1) is 19.0. The van der Waals surface area contributed by atoms with Crippen molar-refractivity contribution in [2.75, 3.05) is 0 Å². The molecule has 0 heterocycles. The Labute approximate surface area is 163 Å². The highest BCUT2D eigenvalue weighted by atomic mass is 16.5. The Bertz CT molecular complexity index is 934. The second-order valence-electron chi connectivity index (χ2n) is 6.17. The number of benzene rings is 3. The summed E-state index contributed by atoms with van der Waals surface area (Å²) in [6, 6.07) is 23.8. The van der Waals surface area contributed by atoms with E-state index >= 15 is 0 Å². The molecule has 0 saturated heterocycles. The molecule has 5 nitrogen and oxygen atoms in total. The summed E-state index contributed by atoms with van der Waals surface area (Å²) in [4.78, 5) is 0. The second kappa shape index (κ2) is 9.23. The predicted octanol–water partition coefficient (Wildman–Crippen LogP) is 4.08. The van der Waals surface area contributed by atoms with Gasteiger partial charge in [0.2, 0.25) is 0 Å². The van der Waals surface area contributed by atoms with Crippen molar-refractivity contribution in [1.82, 2.24) is 0 Å². The molecule has 0 aliphatic carbocycles. The molecule has 1 N–H and O–H groups in total. The van der Waals surface area contributed by atoms with Gasteiger partial charge in [0.15, 0.2) is 0 Å². The summed E-state index contributed by atoms with van der Waals surface area (Å²) < 4.78 is 11.6. The summed E-state index contributed by atoms with van der Waals surface area (Å²) >= 11 is 0. The molecule has 0 saturated carbocycles. The van der Waals surface area contributed by atoms with Crippen molar-refractivity contribution in [3.63, 3.8) is 0 Å². The second-order valence-corrected chi connectivity index (χ2v) is 6.17. The Hall–Kier alpha value is -3.80. The predicted molar refractivity (Wildman–Crippen MR) is 103 cm³/mol. The SMILES string of the molecule is N#Cc1ccc(COc2cc(CO)cc(OCc3ccc(C#N)cc3)c2)cc1. The van der Waals surface area contributed by atoms with Gasteiger partial charge < -0.3 is 14.6 Å². The van der Waals surface area contributed by atoms with Crippen LogP contribution in [0.4, 0.5) is 0 Å². The standard InChI is InChI=1S/C23H18N2O3/c24-12-17-1-5-19(6-2-17)15-27-22-9-21(14-26)10-23(11-22)28-16-20-7-3-18(13-25)4-8-20/h1-11,26H,14-16H2. The number of hydrogen-bond donors (Lipinski definition) is 1. The van der Waals surface area contributed by atoms with Gasteiger partial charge in [-0.2, -0.15) is 10.5 Å². The Morgan fingerprint density at radius 3 is 1.43 bits per heavy atom. The van der Waals surface area contributed by atoms with E-state index in [4.69, 9.17) is 20.0 Å². The van der Waals surface area contributed by atoms with Crippen LogP contribution in [0.5, 0.6) is 11.5 Å². The van der Waals surface area contributed by atoms with Crippen molar-refractivity contribution < 1.29 is 14.6 Å². The molecule has 0 fully saturated rings. The molecular formula is C23H18N2O3. The van der Waals surface area contributed by atoms with Gasteiger partial charge >= 0.3 is 0 Å². The van der Waals surface area contributed by atoms with Crippen LogP contribution in [0, 0.1) is 22.7 Å². The van der Waals surface area contributed by atoms with Gasteiger partial charge in [-0.05, 0) is 53.1 Å². The maximum Gasteiger partial charge on any atom is 0.123 e. The Morgan fingerprint density at radius 1 is 0.643 bits per heavy atom. The molecule has 28 heavy (non-hydrogen) atoms. The van der Waals surface area contributed by atoms with Crippen LogP contribution in [0.2, 0.25) is 0 Å². The molecule has 0 atom stereocenters. The van der Waals surface area contributed by atoms with E-state index in [1.807, 2.05) is 24.3 Å². The first-order valence-corrected chi connectivity index (χ1v) is 8.68. The lowest BCUT2D eigenvalue weighted by Crippen LogP contribution is -1.99. The fourth-order valence-electron chi connectivity index (χ4n) is 2.57. The zero-order valence-corrected chi connectivity index (χ0v) is 15.1. The van der Waals surface area contributed by atoms with Gasteiger partial charge in [-0.25, -0.2) is 0 Å². The minimum atomic E-state index is -0.124. The molecule has 0 amide bonds. The van der Waals surface area contributed by atoms with Crippen LogP contribution < -0.4 is 9.47 Å². The van der Waals surface area contributed by atoms with Crippen molar-refractivity contribution in [3.05, 3.63) is 94.5 Å². The number of rotatable bonds is 7. The third kappa shape index (κ3) is 5.11. The maximum atomic E-state index is 9.50. The number of nitrogens with zero attached hydrogens (tertiary/aromatic N) is 2. The summed E-state index contributed by atoms with van der Waals surface area (Å²) in [7, 11) is 0. The van der Waals surface area contributed by atoms with Crippen molar-refractivity contribution >= 4 is 0 Å². The van der Waals surface area contributed by atoms with Crippen molar-refractivity contribution in [2.45, 2.75) is 19.8 Å². The molecule has 0 aliphatic heterocycles. The summed E-state index contributed by atoms with van der Waals surface area (Å²) in [6.45, 7) is 0.562. The van der Waals surface area contributed by atoms with E-state index in [1.54, 1.807) is 42.5 Å². The monoisotopic (exact) mass is 370 g/mol. The van der Waals surface area contributed by atoms with E-state index in [2.05, 4.69) is 12.1 Å². The van der Waals surface area contributed by atoms with E-state index < -0.39 is 0 Å². The largest absolute Gasteiger partial charge is 0.489 e. The van der Waals surface area contributed by atoms with Crippen molar-refractivity contribution in [1.29, 1.82) is 10.5 Å². The van der Waals surface area contributed by atoms with E-state index in [0.29, 0.717) is 41.4 Å². The third-order valence-corrected chi connectivity index (χ3v) is 4.10. The highest BCUT2D eigenvalue weighted by molar-refractivity contribution is 5.39. The first-order chi connectivity index (χ1) is 13.7. The lowest BCUT2D eigenvalue weighted by Gasteiger charge is -2.12. The fourth-order valence-corrected chi connectivity index (χ4v) is 2.57. The Morgan fingerprint density at radius 2 is 1.07 bits per heavy atom. The van der Waals surface area contributed by atoms with Crippen molar-refractivity contribution in [2.24, 2.45) is 0 Å². The maximum absolute atomic E-state index is 9.50. The minimum Gasteiger partial charge on any atom is -0.489 e. The molecule has 0 spiro atoms. The van der Waals surface area contributed by atoms with Gasteiger partial charge in [0.25, 0.3) is 0 Å². The van der Waals surface area contributed by atoms with Crippen LogP contribution in [0.25, 0.3) is 0 Å². The van der Waals surface area contributed by atoms with E-state index in [-0.39, 0.29) is 6.61 Å². The van der Waals surface area contributed by atoms with Gasteiger partial charge in [0.05, 0.1) is 29.9 Å². The average molecular weight is 370 g/mol. The minimum absolute atomic E-state index is 0.124. The molecule has 0 unspecified atom stereocenters. The Balaban J connectivity index is 1.66. The number of aliphatic hydroxyl groups excluding tert-OH is 1. The molecule has 5 heteroatoms. The quantitative estimate of drug-likeness (QED) is 0.677. The third-order valence-electron chi connectivity index (χ3n) is 4.10. The molecule has 3 aromatic rings. The van der Waals surface area contributed by atoms with Gasteiger partial charge in [0.1, 0.15) is 24.7 Å². The highest BCUT2D eigenvalue weighted by Crippen LogP contribution is 2.25. The van der Waals surface area contributed by atoms with Crippen LogP contribution in [0.1, 0.15) is 27.8 Å². The lowest BCUT2D eigenvalue weighted by molar-refractivity contribution is 0.271. The van der Waals surface area contributed by atoms with Crippen LogP contribution in [-0.4, -0.2) is 5.11 Å². The molecule has 138 valence electrons. The van der Waals surface area contributed by atoms with Crippen molar-refractivity contribution in [3.8, 4) is 23.6 Å². The summed E-state index contributed by atoms with van der Waals surface area (Å²) in [5, 5.41) is 27.2. The van der Waals surface area contributed by atoms with Crippen LogP contribution in [-0.2, 0) is 19.8 Å². The molecular weight excluding hydrogens is 352 g/mol. The number of hydrogen-bond acceptors (Lipinski definition) is 5. The molecule has 0 bridgehead atoms. The zero-order valence-electron chi connectivity index (χ0n) is 15.1. The number of nitriles is 2. The molecule has 0 radical (unpaired) electrons. The normalized spacial score (nSPS) is 9.96. The van der Waals surface area contributed by atoms with Gasteiger partial charge in [-0.15, -0.1) is 0 Å². The van der Waals surface area contributed by atoms with E-state index in [9.17, 15) is 5.11 Å². The highest BCUT2D eigenvalue weighted by Gasteiger charge is 2.05. The van der Waals surface area contributed by atoms with E-state index in [0.717, 1.165) is 11.1 Å². The van der Waals surface area contributed by atoms with Crippen LogP contribution in [0.15, 0.2) is 66.7 Å². The smallest absolute Gasteiger partial charge is 0.123 e. The molecule has 3 rings (SSSR count).